The minimum Gasteiger partial charge on any atom is -0.469 e. The summed E-state index contributed by atoms with van der Waals surface area (Å²) >= 11 is 1.87. The number of thioether (sulfide) groups is 1. The highest BCUT2D eigenvalue weighted by Crippen LogP contribution is 2.51. The molecule has 0 aliphatic heterocycles. The summed E-state index contributed by atoms with van der Waals surface area (Å²) < 4.78 is 6.74. The largest absolute Gasteiger partial charge is 0.469 e. The average Bonchev–Trinajstić information content (AvgIpc) is 2.95. The number of rotatable bonds is 7. The second kappa shape index (κ2) is 5.99. The summed E-state index contributed by atoms with van der Waals surface area (Å²) in [6, 6.07) is 2.49. The predicted molar refractivity (Wildman–Crippen MR) is 77.1 cm³/mol. The molecule has 0 saturated heterocycles. The first kappa shape index (κ1) is 14.4. The molecule has 4 nitrogen and oxygen atoms in total. The maximum absolute atomic E-state index is 11.3. The molecule has 1 aromatic rings. The van der Waals surface area contributed by atoms with Gasteiger partial charge in [0.15, 0.2) is 0 Å². The monoisotopic (exact) mass is 282 g/mol. The van der Waals surface area contributed by atoms with Crippen LogP contribution in [0.4, 0.5) is 0 Å². The highest BCUT2D eigenvalue weighted by Gasteiger charge is 2.44. The Bertz CT molecular complexity index is 438. The van der Waals surface area contributed by atoms with Crippen LogP contribution in [0, 0.1) is 5.41 Å². The second-order valence-electron chi connectivity index (χ2n) is 5.63. The molecule has 0 amide bonds. The highest BCUT2D eigenvalue weighted by molar-refractivity contribution is 7.98. The minimum atomic E-state index is -0.0813. The van der Waals surface area contributed by atoms with E-state index >= 15 is 0 Å². The van der Waals surface area contributed by atoms with Crippen molar-refractivity contribution in [2.24, 2.45) is 5.41 Å². The van der Waals surface area contributed by atoms with Crippen LogP contribution in [0.3, 0.4) is 0 Å². The third-order valence-electron chi connectivity index (χ3n) is 3.55. The molecular formula is C14H22N2O2S. The number of hydrogen-bond donors (Lipinski definition) is 0. The summed E-state index contributed by atoms with van der Waals surface area (Å²) in [6.07, 6.45) is 4.89. The number of methoxy groups -OCH3 is 1. The fourth-order valence-electron chi connectivity index (χ4n) is 2.04. The van der Waals surface area contributed by atoms with Crippen LogP contribution in [0.15, 0.2) is 12.3 Å². The van der Waals surface area contributed by atoms with Crippen LogP contribution >= 0.6 is 11.8 Å². The molecule has 1 saturated carbocycles. The van der Waals surface area contributed by atoms with Crippen LogP contribution in [0.25, 0.3) is 0 Å². The standard InChI is InChI=1S/C14H22N2O2S/c1-11(2)16-7-4-12(15-16)9-19-10-14(5-6-14)8-13(17)18-3/h4,7,11H,5-6,8-10H2,1-3H3. The van der Waals surface area contributed by atoms with Crippen molar-refractivity contribution >= 4 is 17.7 Å². The third kappa shape index (κ3) is 4.00. The van der Waals surface area contributed by atoms with E-state index in [1.165, 1.54) is 7.11 Å². The first-order valence-corrected chi connectivity index (χ1v) is 7.89. The van der Waals surface area contributed by atoms with E-state index in [9.17, 15) is 4.79 Å². The second-order valence-corrected chi connectivity index (χ2v) is 6.61. The molecule has 0 N–H and O–H groups in total. The maximum atomic E-state index is 11.3. The van der Waals surface area contributed by atoms with E-state index < -0.39 is 0 Å². The zero-order valence-corrected chi connectivity index (χ0v) is 12.7. The number of hydrogen-bond acceptors (Lipinski definition) is 4. The van der Waals surface area contributed by atoms with E-state index in [0.717, 1.165) is 30.0 Å². The van der Waals surface area contributed by atoms with E-state index in [-0.39, 0.29) is 11.4 Å². The summed E-state index contributed by atoms with van der Waals surface area (Å²) in [7, 11) is 1.46. The van der Waals surface area contributed by atoms with Gasteiger partial charge in [-0.2, -0.15) is 16.9 Å². The van der Waals surface area contributed by atoms with Crippen molar-refractivity contribution in [3.8, 4) is 0 Å². The van der Waals surface area contributed by atoms with Crippen molar-refractivity contribution in [1.82, 2.24) is 9.78 Å². The van der Waals surface area contributed by atoms with Crippen molar-refractivity contribution in [3.63, 3.8) is 0 Å². The minimum absolute atomic E-state index is 0.0813. The number of carbonyl (C=O) groups is 1. The van der Waals surface area contributed by atoms with Gasteiger partial charge >= 0.3 is 5.97 Å². The Kier molecular flexibility index (Phi) is 4.55. The Morgan fingerprint density at radius 3 is 2.84 bits per heavy atom. The first-order chi connectivity index (χ1) is 9.04. The van der Waals surface area contributed by atoms with E-state index in [4.69, 9.17) is 4.74 Å². The lowest BCUT2D eigenvalue weighted by Crippen LogP contribution is -2.13. The lowest BCUT2D eigenvalue weighted by molar-refractivity contribution is -0.141. The molecule has 1 aromatic heterocycles. The maximum Gasteiger partial charge on any atom is 0.306 e. The number of esters is 1. The van der Waals surface area contributed by atoms with Gasteiger partial charge in [-0.3, -0.25) is 9.48 Å². The van der Waals surface area contributed by atoms with Gasteiger partial charge in [-0.05, 0) is 43.9 Å². The molecule has 1 aliphatic rings. The Labute approximate surface area is 118 Å². The smallest absolute Gasteiger partial charge is 0.306 e. The van der Waals surface area contributed by atoms with Crippen LogP contribution < -0.4 is 0 Å². The molecule has 1 fully saturated rings. The zero-order valence-electron chi connectivity index (χ0n) is 11.9. The van der Waals surface area contributed by atoms with E-state index in [1.54, 1.807) is 0 Å². The quantitative estimate of drug-likeness (QED) is 0.721. The van der Waals surface area contributed by atoms with Crippen molar-refractivity contribution in [2.75, 3.05) is 12.9 Å². The van der Waals surface area contributed by atoms with Crippen LogP contribution in [0.1, 0.15) is 44.8 Å². The topological polar surface area (TPSA) is 44.1 Å². The normalized spacial score (nSPS) is 16.6. The van der Waals surface area contributed by atoms with E-state index in [1.807, 2.05) is 22.6 Å². The molecule has 106 valence electrons. The Hall–Kier alpha value is -0.970. The van der Waals surface area contributed by atoms with Gasteiger partial charge in [-0.1, -0.05) is 0 Å². The molecule has 5 heteroatoms. The summed E-state index contributed by atoms with van der Waals surface area (Å²) in [5, 5.41) is 4.53. The molecule has 1 heterocycles. The SMILES string of the molecule is COC(=O)CC1(CSCc2ccn(C(C)C)n2)CC1. The van der Waals surface area contributed by atoms with Crippen LogP contribution in [-0.2, 0) is 15.3 Å². The van der Waals surface area contributed by atoms with Gasteiger partial charge in [0.2, 0.25) is 0 Å². The first-order valence-electron chi connectivity index (χ1n) is 6.73. The van der Waals surface area contributed by atoms with Gasteiger partial charge in [0.1, 0.15) is 0 Å². The van der Waals surface area contributed by atoms with Crippen LogP contribution in [0.2, 0.25) is 0 Å². The Morgan fingerprint density at radius 1 is 1.58 bits per heavy atom. The number of aromatic nitrogens is 2. The van der Waals surface area contributed by atoms with E-state index in [0.29, 0.717) is 12.5 Å². The number of ether oxygens (including phenoxy) is 1. The molecule has 0 radical (unpaired) electrons. The molecule has 19 heavy (non-hydrogen) atoms. The van der Waals surface area contributed by atoms with E-state index in [2.05, 4.69) is 25.0 Å². The predicted octanol–water partition coefficient (Wildman–Crippen LogP) is 3.04. The van der Waals surface area contributed by atoms with Crippen LogP contribution in [0.5, 0.6) is 0 Å². The fraction of sp³-hybridized carbons (Fsp3) is 0.714. The van der Waals surface area contributed by atoms with Crippen molar-refractivity contribution in [3.05, 3.63) is 18.0 Å². The number of nitrogens with zero attached hydrogens (tertiary/aromatic N) is 2. The van der Waals surface area contributed by atoms with Gasteiger partial charge in [-0.25, -0.2) is 0 Å². The number of carbonyl (C=O) groups excluding carboxylic acids is 1. The van der Waals surface area contributed by atoms with Gasteiger partial charge in [-0.15, -0.1) is 0 Å². The average molecular weight is 282 g/mol. The lowest BCUT2D eigenvalue weighted by Gasteiger charge is -2.12. The lowest BCUT2D eigenvalue weighted by atomic mass is 10.1. The summed E-state index contributed by atoms with van der Waals surface area (Å²) in [5.41, 5.74) is 1.32. The summed E-state index contributed by atoms with van der Waals surface area (Å²) in [4.78, 5) is 11.3. The fourth-order valence-corrected chi connectivity index (χ4v) is 3.33. The molecule has 1 aliphatic carbocycles. The van der Waals surface area contributed by atoms with Crippen molar-refractivity contribution in [1.29, 1.82) is 0 Å². The molecule has 0 unspecified atom stereocenters. The van der Waals surface area contributed by atoms with Gasteiger partial charge in [0, 0.05) is 18.0 Å². The van der Waals surface area contributed by atoms with Gasteiger partial charge in [0.25, 0.3) is 0 Å². The molecule has 0 atom stereocenters. The van der Waals surface area contributed by atoms with Gasteiger partial charge in [0.05, 0.1) is 19.2 Å². The molecular weight excluding hydrogens is 260 g/mol. The Morgan fingerprint density at radius 2 is 2.32 bits per heavy atom. The zero-order chi connectivity index (χ0) is 13.9. The molecule has 0 spiro atoms. The van der Waals surface area contributed by atoms with Gasteiger partial charge < -0.3 is 4.74 Å². The molecule has 0 aromatic carbocycles. The van der Waals surface area contributed by atoms with Crippen LogP contribution in [-0.4, -0.2) is 28.6 Å². The van der Waals surface area contributed by atoms with Crippen molar-refractivity contribution < 1.29 is 9.53 Å². The highest BCUT2D eigenvalue weighted by atomic mass is 32.2. The third-order valence-corrected chi connectivity index (χ3v) is 4.87. The summed E-state index contributed by atoms with van der Waals surface area (Å²) in [5.74, 6) is 1.86. The Balaban J connectivity index is 1.75. The molecule has 0 bridgehead atoms. The summed E-state index contributed by atoms with van der Waals surface area (Å²) in [6.45, 7) is 4.25. The molecule has 2 rings (SSSR count). The van der Waals surface area contributed by atoms with Crippen molar-refractivity contribution in [2.45, 2.75) is 44.9 Å².